The van der Waals surface area contributed by atoms with E-state index in [4.69, 9.17) is 4.52 Å². The first-order valence-electron chi connectivity index (χ1n) is 7.89. The minimum Gasteiger partial charge on any atom is -0.356 e. The van der Waals surface area contributed by atoms with Crippen LogP contribution in [0.3, 0.4) is 0 Å². The van der Waals surface area contributed by atoms with Gasteiger partial charge in [-0.3, -0.25) is 4.90 Å². The second-order valence-electron chi connectivity index (χ2n) is 5.91. The number of aromatic nitrogens is 3. The SMILES string of the molecule is Cc1cc(N2CCN(Cc3noc4ccccc34)CC2)ncn1. The van der Waals surface area contributed by atoms with Crippen molar-refractivity contribution in [1.82, 2.24) is 20.0 Å². The number of rotatable bonds is 3. The summed E-state index contributed by atoms with van der Waals surface area (Å²) >= 11 is 0. The van der Waals surface area contributed by atoms with Crippen LogP contribution in [0.2, 0.25) is 0 Å². The molecule has 0 atom stereocenters. The van der Waals surface area contributed by atoms with Gasteiger partial charge < -0.3 is 9.42 Å². The van der Waals surface area contributed by atoms with Crippen LogP contribution in [0.1, 0.15) is 11.4 Å². The second-order valence-corrected chi connectivity index (χ2v) is 5.91. The number of aryl methyl sites for hydroxylation is 1. The van der Waals surface area contributed by atoms with Gasteiger partial charge in [0.05, 0.1) is 0 Å². The summed E-state index contributed by atoms with van der Waals surface area (Å²) in [6.45, 7) is 6.73. The number of para-hydroxylation sites is 1. The van der Waals surface area contributed by atoms with Gasteiger partial charge in [0.2, 0.25) is 0 Å². The molecule has 6 nitrogen and oxygen atoms in total. The molecule has 0 amide bonds. The van der Waals surface area contributed by atoms with Crippen molar-refractivity contribution in [2.24, 2.45) is 0 Å². The van der Waals surface area contributed by atoms with Crippen molar-refractivity contribution in [3.63, 3.8) is 0 Å². The van der Waals surface area contributed by atoms with Gasteiger partial charge in [0, 0.05) is 49.9 Å². The molecule has 0 N–H and O–H groups in total. The lowest BCUT2D eigenvalue weighted by Crippen LogP contribution is -2.46. The maximum atomic E-state index is 5.39. The van der Waals surface area contributed by atoms with Gasteiger partial charge in [0.15, 0.2) is 5.58 Å². The van der Waals surface area contributed by atoms with E-state index in [1.165, 1.54) is 0 Å². The second kappa shape index (κ2) is 5.96. The molecule has 118 valence electrons. The van der Waals surface area contributed by atoms with E-state index in [2.05, 4.69) is 31.0 Å². The molecule has 3 heterocycles. The van der Waals surface area contributed by atoms with Gasteiger partial charge in [0.1, 0.15) is 17.8 Å². The molecule has 0 saturated carbocycles. The minimum atomic E-state index is 0.827. The van der Waals surface area contributed by atoms with Crippen molar-refractivity contribution in [2.75, 3.05) is 31.1 Å². The van der Waals surface area contributed by atoms with Gasteiger partial charge in [0.25, 0.3) is 0 Å². The quantitative estimate of drug-likeness (QED) is 0.739. The van der Waals surface area contributed by atoms with Gasteiger partial charge in [-0.25, -0.2) is 9.97 Å². The van der Waals surface area contributed by atoms with Crippen LogP contribution >= 0.6 is 0 Å². The van der Waals surface area contributed by atoms with Crippen LogP contribution in [0.5, 0.6) is 0 Å². The van der Waals surface area contributed by atoms with Crippen LogP contribution in [-0.4, -0.2) is 46.2 Å². The number of anilines is 1. The molecule has 3 aromatic rings. The standard InChI is InChI=1S/C17H19N5O/c1-13-10-17(19-12-18-13)22-8-6-21(7-9-22)11-15-14-4-2-3-5-16(14)23-20-15/h2-5,10,12H,6-9,11H2,1H3. The molecule has 0 bridgehead atoms. The summed E-state index contributed by atoms with van der Waals surface area (Å²) in [4.78, 5) is 13.3. The topological polar surface area (TPSA) is 58.3 Å². The zero-order valence-corrected chi connectivity index (χ0v) is 13.1. The van der Waals surface area contributed by atoms with Crippen LogP contribution in [0, 0.1) is 6.92 Å². The maximum absolute atomic E-state index is 5.39. The Morgan fingerprint density at radius 3 is 2.74 bits per heavy atom. The van der Waals surface area contributed by atoms with Crippen LogP contribution in [0.15, 0.2) is 41.2 Å². The van der Waals surface area contributed by atoms with Crippen molar-refractivity contribution in [1.29, 1.82) is 0 Å². The molecule has 1 aromatic carbocycles. The fourth-order valence-electron chi connectivity index (χ4n) is 3.01. The zero-order chi connectivity index (χ0) is 15.6. The summed E-state index contributed by atoms with van der Waals surface area (Å²) in [5.41, 5.74) is 2.89. The Balaban J connectivity index is 1.42. The molecule has 0 aliphatic carbocycles. The number of hydrogen-bond acceptors (Lipinski definition) is 6. The molecule has 0 unspecified atom stereocenters. The number of piperazine rings is 1. The molecule has 4 rings (SSSR count). The number of fused-ring (bicyclic) bond motifs is 1. The lowest BCUT2D eigenvalue weighted by molar-refractivity contribution is 0.243. The molecule has 1 aliphatic heterocycles. The van der Waals surface area contributed by atoms with Gasteiger partial charge in [-0.2, -0.15) is 0 Å². The summed E-state index contributed by atoms with van der Waals surface area (Å²) in [6.07, 6.45) is 1.64. The first-order chi connectivity index (χ1) is 11.3. The summed E-state index contributed by atoms with van der Waals surface area (Å²) < 4.78 is 5.39. The lowest BCUT2D eigenvalue weighted by Gasteiger charge is -2.35. The largest absolute Gasteiger partial charge is 0.356 e. The summed E-state index contributed by atoms with van der Waals surface area (Å²) in [7, 11) is 0. The maximum Gasteiger partial charge on any atom is 0.167 e. The highest BCUT2D eigenvalue weighted by Crippen LogP contribution is 2.20. The molecule has 23 heavy (non-hydrogen) atoms. The van der Waals surface area contributed by atoms with E-state index in [-0.39, 0.29) is 0 Å². The summed E-state index contributed by atoms with van der Waals surface area (Å²) in [5, 5.41) is 5.34. The van der Waals surface area contributed by atoms with E-state index in [0.717, 1.165) is 60.9 Å². The van der Waals surface area contributed by atoms with Crippen molar-refractivity contribution < 1.29 is 4.52 Å². The van der Waals surface area contributed by atoms with Gasteiger partial charge in [-0.05, 0) is 19.1 Å². The zero-order valence-electron chi connectivity index (χ0n) is 13.1. The molecular weight excluding hydrogens is 290 g/mol. The first kappa shape index (κ1) is 14.1. The summed E-state index contributed by atoms with van der Waals surface area (Å²) in [6, 6.07) is 10.1. The molecule has 1 aliphatic rings. The van der Waals surface area contributed by atoms with Crippen molar-refractivity contribution in [2.45, 2.75) is 13.5 Å². The first-order valence-corrected chi connectivity index (χ1v) is 7.89. The predicted molar refractivity (Wildman–Crippen MR) is 88.3 cm³/mol. The molecule has 2 aromatic heterocycles. The van der Waals surface area contributed by atoms with E-state index in [1.54, 1.807) is 6.33 Å². The third-order valence-electron chi connectivity index (χ3n) is 4.31. The van der Waals surface area contributed by atoms with E-state index < -0.39 is 0 Å². The average Bonchev–Trinajstić information content (AvgIpc) is 2.99. The Morgan fingerprint density at radius 2 is 1.91 bits per heavy atom. The van der Waals surface area contributed by atoms with Crippen molar-refractivity contribution in [3.8, 4) is 0 Å². The van der Waals surface area contributed by atoms with Gasteiger partial charge in [-0.15, -0.1) is 0 Å². The van der Waals surface area contributed by atoms with Crippen LogP contribution in [0.25, 0.3) is 11.0 Å². The number of nitrogens with zero attached hydrogens (tertiary/aromatic N) is 5. The average molecular weight is 309 g/mol. The fraction of sp³-hybridized carbons (Fsp3) is 0.353. The highest BCUT2D eigenvalue weighted by molar-refractivity contribution is 5.79. The van der Waals surface area contributed by atoms with Crippen LogP contribution in [0.4, 0.5) is 5.82 Å². The molecule has 6 heteroatoms. The summed E-state index contributed by atoms with van der Waals surface area (Å²) in [5.74, 6) is 1.02. The highest BCUT2D eigenvalue weighted by Gasteiger charge is 2.20. The van der Waals surface area contributed by atoms with E-state index in [9.17, 15) is 0 Å². The molecular formula is C17H19N5O. The third-order valence-corrected chi connectivity index (χ3v) is 4.31. The van der Waals surface area contributed by atoms with E-state index in [1.807, 2.05) is 31.2 Å². The fourth-order valence-corrected chi connectivity index (χ4v) is 3.01. The third kappa shape index (κ3) is 2.90. The number of hydrogen-bond donors (Lipinski definition) is 0. The molecule has 0 spiro atoms. The van der Waals surface area contributed by atoms with Gasteiger partial charge >= 0.3 is 0 Å². The monoisotopic (exact) mass is 309 g/mol. The smallest absolute Gasteiger partial charge is 0.167 e. The van der Waals surface area contributed by atoms with Gasteiger partial charge in [-0.1, -0.05) is 17.3 Å². The Bertz CT molecular complexity index is 807. The molecule has 1 saturated heterocycles. The van der Waals surface area contributed by atoms with Crippen molar-refractivity contribution in [3.05, 3.63) is 48.0 Å². The highest BCUT2D eigenvalue weighted by atomic mass is 16.5. The van der Waals surface area contributed by atoms with Crippen molar-refractivity contribution >= 4 is 16.8 Å². The Hall–Kier alpha value is -2.47. The minimum absolute atomic E-state index is 0.827. The van der Waals surface area contributed by atoms with Crippen LogP contribution < -0.4 is 4.90 Å². The predicted octanol–water partition coefficient (Wildman–Crippen LogP) is 2.25. The normalized spacial score (nSPS) is 16.1. The molecule has 0 radical (unpaired) electrons. The van der Waals surface area contributed by atoms with E-state index >= 15 is 0 Å². The Labute approximate surface area is 134 Å². The molecule has 1 fully saturated rings. The Morgan fingerprint density at radius 1 is 1.09 bits per heavy atom. The van der Waals surface area contributed by atoms with E-state index in [0.29, 0.717) is 0 Å². The number of benzene rings is 1. The Kier molecular flexibility index (Phi) is 3.67. The lowest BCUT2D eigenvalue weighted by atomic mass is 10.2. The van der Waals surface area contributed by atoms with Crippen LogP contribution in [-0.2, 0) is 6.54 Å².